The van der Waals surface area contributed by atoms with E-state index in [0.29, 0.717) is 42.9 Å². The Morgan fingerprint density at radius 1 is 1.14 bits per heavy atom. The van der Waals surface area contributed by atoms with Gasteiger partial charge in [0, 0.05) is 49.2 Å². The van der Waals surface area contributed by atoms with Gasteiger partial charge in [0.1, 0.15) is 0 Å². The molecule has 5 nitrogen and oxygen atoms in total. The summed E-state index contributed by atoms with van der Waals surface area (Å²) in [6.07, 6.45) is -3.23. The SMILES string of the molecule is CCNC(=NCCc1nc(C(F)(F)F)cs1)NCCc1csc(C(C)C)n1.I. The average Bonchev–Trinajstić information content (AvgIpc) is 3.24. The molecule has 0 spiro atoms. The Bertz CT molecular complexity index is 743. The molecule has 0 bridgehead atoms. The molecule has 0 amide bonds. The van der Waals surface area contributed by atoms with Crippen molar-refractivity contribution in [2.75, 3.05) is 19.6 Å². The first-order valence-corrected chi connectivity index (χ1v) is 10.5. The highest BCUT2D eigenvalue weighted by atomic mass is 127. The van der Waals surface area contributed by atoms with Crippen LogP contribution in [0.25, 0.3) is 0 Å². The predicted molar refractivity (Wildman–Crippen MR) is 120 cm³/mol. The quantitative estimate of drug-likeness (QED) is 0.286. The number of halogens is 4. The predicted octanol–water partition coefficient (Wildman–Crippen LogP) is 4.70. The second kappa shape index (κ2) is 11.9. The molecule has 0 aromatic carbocycles. The molecule has 0 atom stereocenters. The van der Waals surface area contributed by atoms with Gasteiger partial charge < -0.3 is 10.6 Å². The van der Waals surface area contributed by atoms with E-state index < -0.39 is 11.9 Å². The Morgan fingerprint density at radius 2 is 1.89 bits per heavy atom. The van der Waals surface area contributed by atoms with E-state index in [2.05, 4.69) is 44.8 Å². The lowest BCUT2D eigenvalue weighted by Gasteiger charge is -2.10. The number of guanidine groups is 1. The number of hydrogen-bond donors (Lipinski definition) is 2. The zero-order valence-electron chi connectivity index (χ0n) is 16.0. The molecule has 0 fully saturated rings. The van der Waals surface area contributed by atoms with Gasteiger partial charge in [-0.2, -0.15) is 13.2 Å². The topological polar surface area (TPSA) is 62.2 Å². The van der Waals surface area contributed by atoms with E-state index in [1.165, 1.54) is 0 Å². The van der Waals surface area contributed by atoms with E-state index in [1.807, 2.05) is 6.92 Å². The highest BCUT2D eigenvalue weighted by Crippen LogP contribution is 2.30. The minimum absolute atomic E-state index is 0. The molecule has 2 aromatic heterocycles. The number of alkyl halides is 3. The van der Waals surface area contributed by atoms with Crippen molar-refractivity contribution in [2.45, 2.75) is 45.7 Å². The molecule has 0 saturated carbocycles. The maximum absolute atomic E-state index is 12.6. The molecule has 0 aliphatic rings. The molecule has 0 saturated heterocycles. The minimum Gasteiger partial charge on any atom is -0.357 e. The van der Waals surface area contributed by atoms with Crippen LogP contribution in [0.1, 0.15) is 48.1 Å². The molecule has 2 rings (SSSR count). The van der Waals surface area contributed by atoms with Crippen molar-refractivity contribution in [3.8, 4) is 0 Å². The van der Waals surface area contributed by atoms with Crippen molar-refractivity contribution in [3.05, 3.63) is 32.2 Å². The Hall–Kier alpha value is -0.950. The lowest BCUT2D eigenvalue weighted by Crippen LogP contribution is -2.38. The highest BCUT2D eigenvalue weighted by molar-refractivity contribution is 14.0. The van der Waals surface area contributed by atoms with Crippen LogP contribution in [0.3, 0.4) is 0 Å². The summed E-state index contributed by atoms with van der Waals surface area (Å²) in [5, 5.41) is 11.0. The monoisotopic (exact) mass is 547 g/mol. The van der Waals surface area contributed by atoms with Crippen LogP contribution in [0.5, 0.6) is 0 Å². The van der Waals surface area contributed by atoms with Crippen molar-refractivity contribution in [1.82, 2.24) is 20.6 Å². The highest BCUT2D eigenvalue weighted by Gasteiger charge is 2.33. The summed E-state index contributed by atoms with van der Waals surface area (Å²) in [5.74, 6) is 1.07. The standard InChI is InChI=1S/C17H24F3N5S2.HI/c1-4-21-16(22-7-5-12-9-27-15(24-12)11(2)3)23-8-6-14-25-13(10-26-14)17(18,19)20;/h9-11H,4-8H2,1-3H3,(H2,21,22,23);1H. The van der Waals surface area contributed by atoms with Gasteiger partial charge in [-0.15, -0.1) is 46.7 Å². The zero-order chi connectivity index (χ0) is 19.9. The van der Waals surface area contributed by atoms with Crippen LogP contribution >= 0.6 is 46.7 Å². The van der Waals surface area contributed by atoms with Gasteiger partial charge in [0.2, 0.25) is 0 Å². The third-order valence-electron chi connectivity index (χ3n) is 3.52. The lowest BCUT2D eigenvalue weighted by molar-refractivity contribution is -0.140. The van der Waals surface area contributed by atoms with E-state index >= 15 is 0 Å². The number of thiazole rings is 2. The fraction of sp³-hybridized carbons (Fsp3) is 0.588. The van der Waals surface area contributed by atoms with Gasteiger partial charge in [-0.3, -0.25) is 4.99 Å². The number of rotatable bonds is 8. The van der Waals surface area contributed by atoms with Crippen molar-refractivity contribution in [2.24, 2.45) is 4.99 Å². The molecule has 0 aliphatic heterocycles. The number of aromatic nitrogens is 2. The average molecular weight is 547 g/mol. The number of hydrogen-bond acceptors (Lipinski definition) is 5. The van der Waals surface area contributed by atoms with Gasteiger partial charge in [-0.05, 0) is 6.92 Å². The zero-order valence-corrected chi connectivity index (χ0v) is 19.9. The largest absolute Gasteiger partial charge is 0.434 e. The van der Waals surface area contributed by atoms with E-state index in [9.17, 15) is 13.2 Å². The number of nitrogens with one attached hydrogen (secondary N) is 2. The first-order valence-electron chi connectivity index (χ1n) is 8.77. The van der Waals surface area contributed by atoms with Crippen LogP contribution in [-0.2, 0) is 19.0 Å². The Labute approximate surface area is 188 Å². The fourth-order valence-electron chi connectivity index (χ4n) is 2.17. The normalized spacial score (nSPS) is 12.2. The van der Waals surface area contributed by atoms with E-state index in [4.69, 9.17) is 0 Å². The minimum atomic E-state index is -4.39. The van der Waals surface area contributed by atoms with Gasteiger partial charge in [0.25, 0.3) is 0 Å². The molecule has 28 heavy (non-hydrogen) atoms. The Balaban J connectivity index is 0.00000392. The summed E-state index contributed by atoms with van der Waals surface area (Å²) in [5.41, 5.74) is 0.218. The Morgan fingerprint density at radius 3 is 2.46 bits per heavy atom. The van der Waals surface area contributed by atoms with Gasteiger partial charge in [0.05, 0.1) is 15.7 Å². The van der Waals surface area contributed by atoms with E-state index in [-0.39, 0.29) is 24.0 Å². The van der Waals surface area contributed by atoms with Gasteiger partial charge in [-0.1, -0.05) is 13.8 Å². The van der Waals surface area contributed by atoms with E-state index in [1.54, 1.807) is 11.3 Å². The van der Waals surface area contributed by atoms with Crippen molar-refractivity contribution >= 4 is 52.6 Å². The van der Waals surface area contributed by atoms with E-state index in [0.717, 1.165) is 33.8 Å². The van der Waals surface area contributed by atoms with Crippen LogP contribution in [0.15, 0.2) is 15.8 Å². The molecular formula is C17H25F3IN5S2. The summed E-state index contributed by atoms with van der Waals surface area (Å²) >= 11 is 2.68. The molecule has 0 unspecified atom stereocenters. The van der Waals surface area contributed by atoms with Crippen LogP contribution in [0, 0.1) is 0 Å². The first-order chi connectivity index (χ1) is 12.8. The fourth-order valence-corrected chi connectivity index (χ4v) is 3.84. The maximum atomic E-state index is 12.6. The second-order valence-electron chi connectivity index (χ2n) is 6.14. The molecule has 2 heterocycles. The molecule has 0 radical (unpaired) electrons. The first kappa shape index (κ1) is 25.1. The second-order valence-corrected chi connectivity index (χ2v) is 7.98. The smallest absolute Gasteiger partial charge is 0.357 e. The number of aliphatic imine (C=N–C) groups is 1. The molecule has 11 heteroatoms. The van der Waals surface area contributed by atoms with Crippen molar-refractivity contribution in [1.29, 1.82) is 0 Å². The molecule has 0 aliphatic carbocycles. The van der Waals surface area contributed by atoms with Crippen LogP contribution in [-0.4, -0.2) is 35.6 Å². The third-order valence-corrected chi connectivity index (χ3v) is 5.62. The van der Waals surface area contributed by atoms with Crippen molar-refractivity contribution in [3.63, 3.8) is 0 Å². The van der Waals surface area contributed by atoms with Gasteiger partial charge in [-0.25, -0.2) is 9.97 Å². The van der Waals surface area contributed by atoms with Crippen LogP contribution in [0.2, 0.25) is 0 Å². The van der Waals surface area contributed by atoms with Crippen LogP contribution in [0.4, 0.5) is 13.2 Å². The summed E-state index contributed by atoms with van der Waals surface area (Å²) in [6.45, 7) is 7.96. The van der Waals surface area contributed by atoms with Gasteiger partial charge in [0.15, 0.2) is 11.7 Å². The molecule has 2 N–H and O–H groups in total. The third kappa shape index (κ3) is 8.19. The number of nitrogens with zero attached hydrogens (tertiary/aromatic N) is 3. The lowest BCUT2D eigenvalue weighted by atomic mass is 10.2. The molecule has 158 valence electrons. The molecular weight excluding hydrogens is 522 g/mol. The summed E-state index contributed by atoms with van der Waals surface area (Å²) in [4.78, 5) is 12.6. The maximum Gasteiger partial charge on any atom is 0.434 e. The summed E-state index contributed by atoms with van der Waals surface area (Å²) < 4.78 is 37.7. The summed E-state index contributed by atoms with van der Waals surface area (Å²) in [6, 6.07) is 0. The van der Waals surface area contributed by atoms with Crippen LogP contribution < -0.4 is 10.6 Å². The van der Waals surface area contributed by atoms with Crippen molar-refractivity contribution < 1.29 is 13.2 Å². The molecule has 2 aromatic rings. The Kier molecular flexibility index (Phi) is 10.7. The van der Waals surface area contributed by atoms with Gasteiger partial charge >= 0.3 is 6.18 Å². The summed E-state index contributed by atoms with van der Waals surface area (Å²) in [7, 11) is 0.